The maximum Gasteiger partial charge on any atom is 0.154 e. The van der Waals surface area contributed by atoms with Crippen LogP contribution in [0.4, 0.5) is 8.78 Å². The van der Waals surface area contributed by atoms with Crippen molar-refractivity contribution >= 4 is 5.70 Å². The van der Waals surface area contributed by atoms with E-state index in [9.17, 15) is 8.78 Å². The second-order valence-electron chi connectivity index (χ2n) is 3.91. The number of imidazole rings is 1. The average Bonchev–Trinajstić information content (AvgIpc) is 2.50. The normalized spacial score (nSPS) is 26.1. The monoisotopic (exact) mass is 210 g/mol. The van der Waals surface area contributed by atoms with Crippen LogP contribution in [0.25, 0.3) is 5.70 Å². The van der Waals surface area contributed by atoms with Crippen molar-refractivity contribution < 1.29 is 8.78 Å². The van der Waals surface area contributed by atoms with E-state index in [0.29, 0.717) is 0 Å². The van der Waals surface area contributed by atoms with E-state index in [1.165, 1.54) is 30.0 Å². The lowest BCUT2D eigenvalue weighted by atomic mass is 9.94. The van der Waals surface area contributed by atoms with Crippen molar-refractivity contribution in [3.8, 4) is 0 Å². The van der Waals surface area contributed by atoms with Gasteiger partial charge in [-0.25, -0.2) is 13.8 Å². The lowest BCUT2D eigenvalue weighted by molar-refractivity contribution is 0.258. The number of hydrogen-bond donors (Lipinski definition) is 0. The number of allylic oxidation sites excluding steroid dienone is 4. The molecule has 0 aliphatic heterocycles. The second kappa shape index (κ2) is 3.29. The third-order valence-corrected chi connectivity index (χ3v) is 2.55. The molecule has 0 bridgehead atoms. The van der Waals surface area contributed by atoms with E-state index in [-0.39, 0.29) is 12.1 Å². The fourth-order valence-corrected chi connectivity index (χ4v) is 1.77. The van der Waals surface area contributed by atoms with Gasteiger partial charge < -0.3 is 4.57 Å². The van der Waals surface area contributed by atoms with Crippen LogP contribution in [0, 0.1) is 6.92 Å². The highest BCUT2D eigenvalue weighted by atomic mass is 19.1. The summed E-state index contributed by atoms with van der Waals surface area (Å²) in [5.74, 6) is -0.535. The quantitative estimate of drug-likeness (QED) is 0.696. The molecule has 0 aromatic carbocycles. The summed E-state index contributed by atoms with van der Waals surface area (Å²) in [5.41, 5.74) is -0.913. The van der Waals surface area contributed by atoms with E-state index < -0.39 is 11.5 Å². The highest BCUT2D eigenvalue weighted by Crippen LogP contribution is 2.37. The molecule has 1 unspecified atom stereocenters. The topological polar surface area (TPSA) is 17.8 Å². The summed E-state index contributed by atoms with van der Waals surface area (Å²) < 4.78 is 29.2. The van der Waals surface area contributed by atoms with Crippen LogP contribution in [0.3, 0.4) is 0 Å². The predicted octanol–water partition coefficient (Wildman–Crippen LogP) is 3.02. The Morgan fingerprint density at radius 3 is 2.80 bits per heavy atom. The van der Waals surface area contributed by atoms with Gasteiger partial charge in [0.25, 0.3) is 0 Å². The second-order valence-corrected chi connectivity index (χ2v) is 3.91. The Morgan fingerprint density at radius 1 is 1.53 bits per heavy atom. The van der Waals surface area contributed by atoms with Gasteiger partial charge in [-0.2, -0.15) is 0 Å². The summed E-state index contributed by atoms with van der Waals surface area (Å²) in [5, 5.41) is 0. The largest absolute Gasteiger partial charge is 0.301 e. The Morgan fingerprint density at radius 2 is 2.27 bits per heavy atom. The van der Waals surface area contributed by atoms with Crippen molar-refractivity contribution in [2.75, 3.05) is 0 Å². The highest BCUT2D eigenvalue weighted by Gasteiger charge is 2.34. The molecule has 1 aromatic heterocycles. The van der Waals surface area contributed by atoms with Gasteiger partial charge in [0.2, 0.25) is 0 Å². The molecule has 2 rings (SSSR count). The molecule has 15 heavy (non-hydrogen) atoms. The minimum Gasteiger partial charge on any atom is -0.301 e. The van der Waals surface area contributed by atoms with Gasteiger partial charge in [0.15, 0.2) is 5.67 Å². The van der Waals surface area contributed by atoms with E-state index >= 15 is 0 Å². The van der Waals surface area contributed by atoms with Crippen LogP contribution >= 0.6 is 0 Å². The zero-order valence-corrected chi connectivity index (χ0v) is 8.67. The summed E-state index contributed by atoms with van der Waals surface area (Å²) >= 11 is 0. The molecule has 1 heterocycles. The van der Waals surface area contributed by atoms with Crippen molar-refractivity contribution in [1.29, 1.82) is 0 Å². The third-order valence-electron chi connectivity index (χ3n) is 2.55. The summed E-state index contributed by atoms with van der Waals surface area (Å²) in [6.07, 6.45) is 6.00. The van der Waals surface area contributed by atoms with Crippen molar-refractivity contribution in [2.45, 2.75) is 25.9 Å². The van der Waals surface area contributed by atoms with Gasteiger partial charge in [-0.3, -0.25) is 0 Å². The molecule has 1 atom stereocenters. The molecule has 1 aliphatic rings. The maximum atomic E-state index is 14.1. The van der Waals surface area contributed by atoms with Gasteiger partial charge in [-0.1, -0.05) is 6.08 Å². The van der Waals surface area contributed by atoms with Gasteiger partial charge in [-0.05, 0) is 19.9 Å². The number of rotatable bonds is 1. The first-order valence-corrected chi connectivity index (χ1v) is 4.77. The average molecular weight is 210 g/mol. The van der Waals surface area contributed by atoms with Crippen LogP contribution < -0.4 is 0 Å². The summed E-state index contributed by atoms with van der Waals surface area (Å²) in [7, 11) is 0. The van der Waals surface area contributed by atoms with E-state index in [1.807, 2.05) is 0 Å². The minimum absolute atomic E-state index is 0.0417. The van der Waals surface area contributed by atoms with E-state index in [0.717, 1.165) is 5.69 Å². The Hall–Kier alpha value is -1.45. The zero-order valence-electron chi connectivity index (χ0n) is 8.67. The van der Waals surface area contributed by atoms with Crippen LogP contribution in [-0.4, -0.2) is 15.2 Å². The molecular formula is C11H12F2N2. The van der Waals surface area contributed by atoms with Crippen LogP contribution in [-0.2, 0) is 0 Å². The molecule has 0 N–H and O–H groups in total. The summed E-state index contributed by atoms with van der Waals surface area (Å²) in [6, 6.07) is 0. The van der Waals surface area contributed by atoms with Crippen LogP contribution in [0.1, 0.15) is 19.0 Å². The van der Waals surface area contributed by atoms with Crippen LogP contribution in [0.5, 0.6) is 0 Å². The zero-order chi connectivity index (χ0) is 11.1. The number of hydrogen-bond acceptors (Lipinski definition) is 1. The number of halogens is 2. The van der Waals surface area contributed by atoms with Gasteiger partial charge in [-0.15, -0.1) is 0 Å². The van der Waals surface area contributed by atoms with Crippen molar-refractivity contribution in [3.05, 3.63) is 36.2 Å². The van der Waals surface area contributed by atoms with Gasteiger partial charge in [0, 0.05) is 18.3 Å². The molecule has 0 radical (unpaired) electrons. The SMILES string of the molecule is Cc1cncn1C1=C(F)C=CCC1(C)F. The van der Waals surface area contributed by atoms with Crippen molar-refractivity contribution in [3.63, 3.8) is 0 Å². The molecule has 2 nitrogen and oxygen atoms in total. The molecule has 0 fully saturated rings. The fourth-order valence-electron chi connectivity index (χ4n) is 1.77. The Kier molecular flexibility index (Phi) is 2.21. The minimum atomic E-state index is -1.68. The number of nitrogens with zero attached hydrogens (tertiary/aromatic N) is 2. The van der Waals surface area contributed by atoms with Crippen LogP contribution in [0.15, 0.2) is 30.5 Å². The van der Waals surface area contributed by atoms with Gasteiger partial charge >= 0.3 is 0 Å². The first kappa shape index (κ1) is 10.1. The standard InChI is InChI=1S/C11H12F2N2/c1-8-6-14-7-15(8)10-9(12)4-3-5-11(10,2)13/h3-4,6-7H,5H2,1-2H3. The van der Waals surface area contributed by atoms with Crippen LogP contribution in [0.2, 0.25) is 0 Å². The Balaban J connectivity index is 2.59. The van der Waals surface area contributed by atoms with E-state index in [2.05, 4.69) is 4.98 Å². The maximum absolute atomic E-state index is 14.1. The summed E-state index contributed by atoms with van der Waals surface area (Å²) in [6.45, 7) is 3.15. The molecule has 80 valence electrons. The first-order valence-electron chi connectivity index (χ1n) is 4.77. The summed E-state index contributed by atoms with van der Waals surface area (Å²) in [4.78, 5) is 3.87. The molecule has 1 aromatic rings. The predicted molar refractivity (Wildman–Crippen MR) is 54.6 cm³/mol. The molecule has 0 amide bonds. The third kappa shape index (κ3) is 1.60. The van der Waals surface area contributed by atoms with Gasteiger partial charge in [0.05, 0.1) is 12.0 Å². The number of aromatic nitrogens is 2. The van der Waals surface area contributed by atoms with E-state index in [4.69, 9.17) is 0 Å². The Labute approximate surface area is 86.9 Å². The highest BCUT2D eigenvalue weighted by molar-refractivity contribution is 5.62. The molecule has 0 saturated carbocycles. The van der Waals surface area contributed by atoms with E-state index in [1.54, 1.807) is 13.1 Å². The molecule has 4 heteroatoms. The molecule has 0 spiro atoms. The van der Waals surface area contributed by atoms with Crippen molar-refractivity contribution in [2.24, 2.45) is 0 Å². The lowest BCUT2D eigenvalue weighted by Crippen LogP contribution is -2.26. The van der Waals surface area contributed by atoms with Crippen molar-refractivity contribution in [1.82, 2.24) is 9.55 Å². The molecule has 1 aliphatic carbocycles. The smallest absolute Gasteiger partial charge is 0.154 e. The molecular weight excluding hydrogens is 198 g/mol. The first-order chi connectivity index (χ1) is 7.02. The molecule has 0 saturated heterocycles. The number of aryl methyl sites for hydroxylation is 1. The fraction of sp³-hybridized carbons (Fsp3) is 0.364. The van der Waals surface area contributed by atoms with Gasteiger partial charge in [0.1, 0.15) is 5.83 Å². The number of alkyl halides is 1. The Bertz CT molecular complexity index is 441. The lowest BCUT2D eigenvalue weighted by Gasteiger charge is -2.26.